The largest absolute Gasteiger partial charge is 0.481 e. The fraction of sp³-hybridized carbons (Fsp3) is 0.821. The molecule has 288 valence electrons. The molecule has 0 saturated carbocycles. The zero-order chi connectivity index (χ0) is 37.9. The summed E-state index contributed by atoms with van der Waals surface area (Å²) in [6.07, 6.45) is 10.9. The predicted molar refractivity (Wildman–Crippen MR) is 192 cm³/mol. The maximum Gasteiger partial charge on any atom is 0.333 e. The van der Waals surface area contributed by atoms with Crippen LogP contribution in [0.3, 0.4) is 0 Å². The Kier molecular flexibility index (Phi) is 20.5. The van der Waals surface area contributed by atoms with Crippen LogP contribution in [0.25, 0.3) is 0 Å². The lowest BCUT2D eigenvalue weighted by molar-refractivity contribution is -0.168. The van der Waals surface area contributed by atoms with Crippen LogP contribution in [0.15, 0.2) is 12.2 Å². The first-order chi connectivity index (χ1) is 23.5. The van der Waals surface area contributed by atoms with Gasteiger partial charge in [0.2, 0.25) is 5.91 Å². The molecule has 1 amide bonds. The van der Waals surface area contributed by atoms with Crippen molar-refractivity contribution in [3.05, 3.63) is 12.2 Å². The van der Waals surface area contributed by atoms with Gasteiger partial charge < -0.3 is 29.3 Å². The van der Waals surface area contributed by atoms with Gasteiger partial charge in [-0.1, -0.05) is 78.7 Å². The number of carboxylic acids is 1. The number of hydrogen-bond donors (Lipinski definition) is 2. The Hall–Kier alpha value is -2.95. The third-order valence-electron chi connectivity index (χ3n) is 10.2. The smallest absolute Gasteiger partial charge is 0.333 e. The van der Waals surface area contributed by atoms with Crippen LogP contribution in [-0.2, 0) is 38.2 Å². The molecule has 0 aromatic carbocycles. The molecular formula is C39H67NO10. The Bertz CT molecular complexity index is 1110. The van der Waals surface area contributed by atoms with Crippen LogP contribution in [-0.4, -0.2) is 83.4 Å². The first-order valence-corrected chi connectivity index (χ1v) is 18.8. The van der Waals surface area contributed by atoms with Gasteiger partial charge in [-0.2, -0.15) is 0 Å². The first kappa shape index (κ1) is 45.1. The average molecular weight is 710 g/mol. The van der Waals surface area contributed by atoms with Gasteiger partial charge in [0, 0.05) is 24.6 Å². The van der Waals surface area contributed by atoms with Gasteiger partial charge >= 0.3 is 23.9 Å². The van der Waals surface area contributed by atoms with Crippen molar-refractivity contribution in [3.63, 3.8) is 0 Å². The second kappa shape index (κ2) is 22.8. The topological polar surface area (TPSA) is 157 Å². The number of hydrogen-bond acceptors (Lipinski definition) is 9. The fourth-order valence-electron chi connectivity index (χ4n) is 6.73. The number of likely N-dealkylation sites (tertiary alicyclic amines) is 1. The summed E-state index contributed by atoms with van der Waals surface area (Å²) in [6, 6.07) is -0.286. The van der Waals surface area contributed by atoms with Gasteiger partial charge in [-0.15, -0.1) is 0 Å². The Morgan fingerprint density at radius 3 is 1.98 bits per heavy atom. The molecule has 1 fully saturated rings. The molecule has 0 aromatic heterocycles. The van der Waals surface area contributed by atoms with Crippen molar-refractivity contribution >= 4 is 29.8 Å². The number of carbonyl (C=O) groups is 5. The number of nitrogens with zero attached hydrogens (tertiary/aromatic N) is 1. The minimum atomic E-state index is -1.29. The number of amides is 1. The third kappa shape index (κ3) is 15.9. The van der Waals surface area contributed by atoms with E-state index in [-0.39, 0.29) is 49.3 Å². The van der Waals surface area contributed by atoms with Crippen molar-refractivity contribution in [3.8, 4) is 0 Å². The van der Waals surface area contributed by atoms with Gasteiger partial charge in [-0.3, -0.25) is 19.2 Å². The van der Waals surface area contributed by atoms with Crippen molar-refractivity contribution in [1.82, 2.24) is 4.90 Å². The number of ether oxygens (including phenoxy) is 3. The maximum absolute atomic E-state index is 14.0. The van der Waals surface area contributed by atoms with Crippen molar-refractivity contribution < 1.29 is 48.4 Å². The maximum atomic E-state index is 14.0. The highest BCUT2D eigenvalue weighted by Gasteiger charge is 2.48. The fourth-order valence-corrected chi connectivity index (χ4v) is 6.73. The van der Waals surface area contributed by atoms with E-state index in [9.17, 15) is 34.2 Å². The Balaban J connectivity index is 3.16. The molecule has 1 heterocycles. The molecule has 1 aliphatic heterocycles. The molecule has 6 atom stereocenters. The molecule has 0 bridgehead atoms. The van der Waals surface area contributed by atoms with Gasteiger partial charge in [0.15, 0.2) is 0 Å². The highest BCUT2D eigenvalue weighted by atomic mass is 16.6. The molecule has 1 rings (SSSR count). The number of esters is 3. The molecule has 11 heteroatoms. The van der Waals surface area contributed by atoms with Gasteiger partial charge in [0.05, 0.1) is 23.4 Å². The number of unbranched alkanes of at least 4 members (excludes halogenated alkanes) is 8. The zero-order valence-electron chi connectivity index (χ0n) is 32.1. The van der Waals surface area contributed by atoms with Gasteiger partial charge in [0.25, 0.3) is 0 Å². The Morgan fingerprint density at radius 1 is 0.880 bits per heavy atom. The Labute approximate surface area is 300 Å². The van der Waals surface area contributed by atoms with Crippen LogP contribution >= 0.6 is 0 Å². The summed E-state index contributed by atoms with van der Waals surface area (Å²) in [4.78, 5) is 65.7. The van der Waals surface area contributed by atoms with Crippen molar-refractivity contribution in [2.75, 3.05) is 26.4 Å². The number of rotatable bonds is 27. The minimum absolute atomic E-state index is 0.0245. The molecule has 1 aliphatic rings. The number of aliphatic hydroxyl groups is 1. The van der Waals surface area contributed by atoms with Gasteiger partial charge in [-0.05, 0) is 72.1 Å². The van der Waals surface area contributed by atoms with E-state index in [4.69, 9.17) is 14.2 Å². The molecule has 0 aliphatic carbocycles. The lowest BCUT2D eigenvalue weighted by atomic mass is 9.67. The summed E-state index contributed by atoms with van der Waals surface area (Å²) in [5.41, 5.74) is -2.30. The van der Waals surface area contributed by atoms with E-state index in [1.165, 1.54) is 39.0 Å². The van der Waals surface area contributed by atoms with E-state index in [1.54, 1.807) is 25.7 Å². The SMILES string of the molecule is C=C(C)C(=O)OCC(O)COC(=O)C(C)(CCC(C)C(C)C(=O)O)CC(C)(CC(C)N1CCCC1=O)C(=O)OCCCCCCCCCCC. The van der Waals surface area contributed by atoms with Crippen LogP contribution in [0.4, 0.5) is 0 Å². The van der Waals surface area contributed by atoms with E-state index < -0.39 is 59.9 Å². The zero-order valence-corrected chi connectivity index (χ0v) is 32.1. The van der Waals surface area contributed by atoms with Crippen LogP contribution < -0.4 is 0 Å². The van der Waals surface area contributed by atoms with E-state index in [0.29, 0.717) is 19.4 Å². The van der Waals surface area contributed by atoms with Crippen LogP contribution in [0.5, 0.6) is 0 Å². The standard InChI is InChI=1S/C39H67NO10/c1-9-10-11-12-13-14-15-16-17-23-48-37(47)39(8,24-30(5)40-22-18-19-33(40)42)27-38(7,21-20-29(4)31(6)34(43)44)36(46)50-26-32(41)25-49-35(45)28(2)3/h29-32,41H,2,9-27H2,1,3-8H3,(H,43,44). The molecule has 2 N–H and O–H groups in total. The summed E-state index contributed by atoms with van der Waals surface area (Å²) in [5.74, 6) is -3.64. The van der Waals surface area contributed by atoms with Crippen molar-refractivity contribution in [2.45, 2.75) is 157 Å². The van der Waals surface area contributed by atoms with Gasteiger partial charge in [0.1, 0.15) is 19.3 Å². The monoisotopic (exact) mass is 709 g/mol. The summed E-state index contributed by atoms with van der Waals surface area (Å²) in [5, 5.41) is 20.0. The highest BCUT2D eigenvalue weighted by Crippen LogP contribution is 2.44. The lowest BCUT2D eigenvalue weighted by Gasteiger charge is -2.40. The molecule has 0 aromatic rings. The lowest BCUT2D eigenvalue weighted by Crippen LogP contribution is -2.46. The van der Waals surface area contributed by atoms with Crippen LogP contribution in [0, 0.1) is 22.7 Å². The molecule has 0 spiro atoms. The van der Waals surface area contributed by atoms with Crippen LogP contribution in [0.1, 0.15) is 145 Å². The van der Waals surface area contributed by atoms with E-state index in [0.717, 1.165) is 32.1 Å². The molecular weight excluding hydrogens is 642 g/mol. The second-order valence-electron chi connectivity index (χ2n) is 15.3. The molecule has 0 radical (unpaired) electrons. The highest BCUT2D eigenvalue weighted by molar-refractivity contribution is 5.87. The average Bonchev–Trinajstić information content (AvgIpc) is 3.50. The Morgan fingerprint density at radius 2 is 1.44 bits per heavy atom. The minimum Gasteiger partial charge on any atom is -0.481 e. The second-order valence-corrected chi connectivity index (χ2v) is 15.3. The van der Waals surface area contributed by atoms with Gasteiger partial charge in [-0.25, -0.2) is 4.79 Å². The third-order valence-corrected chi connectivity index (χ3v) is 10.2. The number of aliphatic hydroxyl groups excluding tert-OH is 1. The van der Waals surface area contributed by atoms with E-state index in [2.05, 4.69) is 13.5 Å². The van der Waals surface area contributed by atoms with E-state index in [1.807, 2.05) is 13.8 Å². The first-order valence-electron chi connectivity index (χ1n) is 18.8. The van der Waals surface area contributed by atoms with E-state index >= 15 is 0 Å². The molecule has 1 saturated heterocycles. The van der Waals surface area contributed by atoms with Crippen molar-refractivity contribution in [2.24, 2.45) is 22.7 Å². The predicted octanol–water partition coefficient (Wildman–Crippen LogP) is 7.02. The summed E-state index contributed by atoms with van der Waals surface area (Å²) < 4.78 is 16.4. The number of carboxylic acid groups (broad SMARTS) is 1. The number of carbonyl (C=O) groups excluding carboxylic acids is 4. The summed E-state index contributed by atoms with van der Waals surface area (Å²) >= 11 is 0. The molecule has 50 heavy (non-hydrogen) atoms. The molecule has 6 unspecified atom stereocenters. The molecule has 11 nitrogen and oxygen atoms in total. The summed E-state index contributed by atoms with van der Waals surface area (Å²) in [6.45, 7) is 16.0. The van der Waals surface area contributed by atoms with Crippen LogP contribution in [0.2, 0.25) is 0 Å². The summed E-state index contributed by atoms with van der Waals surface area (Å²) in [7, 11) is 0. The number of aliphatic carboxylic acids is 1. The quantitative estimate of drug-likeness (QED) is 0.0393. The van der Waals surface area contributed by atoms with Crippen molar-refractivity contribution in [1.29, 1.82) is 0 Å². The normalized spacial score (nSPS) is 17.9.